The predicted octanol–water partition coefficient (Wildman–Crippen LogP) is 6.85. The molecule has 3 N–H and O–H groups in total. The second-order valence-corrected chi connectivity index (χ2v) is 12.1. The van der Waals surface area contributed by atoms with Crippen molar-refractivity contribution < 1.29 is 9.53 Å². The van der Waals surface area contributed by atoms with Gasteiger partial charge in [0.05, 0.1) is 18.4 Å². The average molecular weight is 588 g/mol. The summed E-state index contributed by atoms with van der Waals surface area (Å²) in [6.07, 6.45) is 5.69. The van der Waals surface area contributed by atoms with E-state index in [2.05, 4.69) is 53.5 Å². The molecule has 226 valence electrons. The highest BCUT2D eigenvalue weighted by Gasteiger charge is 2.45. The first-order valence-electron chi connectivity index (χ1n) is 15.6. The molecule has 2 atom stereocenters. The number of rotatable bonds is 9. The van der Waals surface area contributed by atoms with E-state index in [-0.39, 0.29) is 11.5 Å². The maximum atomic E-state index is 12.5. The van der Waals surface area contributed by atoms with Crippen LogP contribution in [0, 0.1) is 5.41 Å². The lowest BCUT2D eigenvalue weighted by molar-refractivity contribution is 0.1000. The number of hydrogen-bond donors (Lipinski definition) is 2. The zero-order chi connectivity index (χ0) is 30.5. The van der Waals surface area contributed by atoms with Crippen LogP contribution in [-0.2, 0) is 0 Å². The van der Waals surface area contributed by atoms with Crippen LogP contribution in [0.15, 0.2) is 102 Å². The van der Waals surface area contributed by atoms with Gasteiger partial charge in [0.2, 0.25) is 0 Å². The minimum Gasteiger partial charge on any atom is -0.497 e. The van der Waals surface area contributed by atoms with Gasteiger partial charge in [-0.1, -0.05) is 79.2 Å². The number of aromatic nitrogens is 1. The molecule has 0 bridgehead atoms. The number of ether oxygens (including phenoxy) is 1. The van der Waals surface area contributed by atoms with E-state index < -0.39 is 5.91 Å². The number of methoxy groups -OCH3 is 1. The highest BCUT2D eigenvalue weighted by molar-refractivity contribution is 6.13. The number of hydrogen-bond acceptors (Lipinski definition) is 6. The van der Waals surface area contributed by atoms with Gasteiger partial charge in [0, 0.05) is 36.3 Å². The van der Waals surface area contributed by atoms with Crippen molar-refractivity contribution in [2.75, 3.05) is 25.1 Å². The molecule has 1 amide bonds. The highest BCUT2D eigenvalue weighted by Crippen LogP contribution is 2.48. The molecule has 0 radical (unpaired) electrons. The largest absolute Gasteiger partial charge is 0.497 e. The summed E-state index contributed by atoms with van der Waals surface area (Å²) >= 11 is 0. The van der Waals surface area contributed by atoms with Crippen molar-refractivity contribution in [3.63, 3.8) is 0 Å². The van der Waals surface area contributed by atoms with Crippen LogP contribution in [0.1, 0.15) is 72.1 Å². The number of anilines is 1. The van der Waals surface area contributed by atoms with Crippen molar-refractivity contribution in [2.24, 2.45) is 16.1 Å². The Morgan fingerprint density at radius 1 is 0.932 bits per heavy atom. The Bertz CT molecular complexity index is 1550. The minimum atomic E-state index is -0.469. The lowest BCUT2D eigenvalue weighted by atomic mass is 9.73. The molecular formula is C37H41N5O2. The van der Waals surface area contributed by atoms with Gasteiger partial charge < -0.3 is 20.7 Å². The van der Waals surface area contributed by atoms with Gasteiger partial charge in [-0.2, -0.15) is 0 Å². The summed E-state index contributed by atoms with van der Waals surface area (Å²) in [6.45, 7) is 3.89. The van der Waals surface area contributed by atoms with E-state index in [0.29, 0.717) is 23.2 Å². The summed E-state index contributed by atoms with van der Waals surface area (Å²) < 4.78 is 5.34. The quantitative estimate of drug-likeness (QED) is 0.209. The van der Waals surface area contributed by atoms with Crippen molar-refractivity contribution in [1.29, 1.82) is 0 Å². The molecule has 1 saturated heterocycles. The first-order chi connectivity index (χ1) is 21.5. The third kappa shape index (κ3) is 6.24. The summed E-state index contributed by atoms with van der Waals surface area (Å²) in [7, 11) is 1.70. The Morgan fingerprint density at radius 2 is 1.57 bits per heavy atom. The zero-order valence-electron chi connectivity index (χ0n) is 25.6. The van der Waals surface area contributed by atoms with Crippen molar-refractivity contribution in [1.82, 2.24) is 10.3 Å². The fraction of sp³-hybridized carbons (Fsp3) is 0.324. The van der Waals surface area contributed by atoms with Crippen LogP contribution in [0.4, 0.5) is 11.6 Å². The summed E-state index contributed by atoms with van der Waals surface area (Å²) in [5.74, 6) is 1.59. The van der Waals surface area contributed by atoms with Crippen molar-refractivity contribution in [3.05, 3.63) is 119 Å². The van der Waals surface area contributed by atoms with Crippen LogP contribution in [0.5, 0.6) is 5.75 Å². The molecule has 3 aromatic carbocycles. The van der Waals surface area contributed by atoms with Crippen LogP contribution in [0.2, 0.25) is 0 Å². The van der Waals surface area contributed by atoms with E-state index in [1.165, 1.54) is 24.8 Å². The number of pyridine rings is 1. The Kier molecular flexibility index (Phi) is 8.75. The van der Waals surface area contributed by atoms with Gasteiger partial charge in [0.1, 0.15) is 11.6 Å². The van der Waals surface area contributed by atoms with Crippen LogP contribution in [0.3, 0.4) is 0 Å². The number of nitrogens with one attached hydrogen (secondary N) is 1. The van der Waals surface area contributed by atoms with Gasteiger partial charge in [-0.25, -0.2) is 9.98 Å². The molecule has 1 aliphatic heterocycles. The van der Waals surface area contributed by atoms with Gasteiger partial charge in [-0.15, -0.1) is 0 Å². The van der Waals surface area contributed by atoms with E-state index in [0.717, 1.165) is 48.5 Å². The third-order valence-electron chi connectivity index (χ3n) is 9.48. The summed E-state index contributed by atoms with van der Waals surface area (Å²) in [5, 5.41) is 3.97. The Morgan fingerprint density at radius 3 is 2.16 bits per heavy atom. The van der Waals surface area contributed by atoms with E-state index in [1.54, 1.807) is 19.2 Å². The number of aliphatic imine (C=N–C) groups is 1. The molecule has 2 aliphatic rings. The molecule has 7 nitrogen and oxygen atoms in total. The zero-order valence-corrected chi connectivity index (χ0v) is 25.6. The minimum absolute atomic E-state index is 0.230. The van der Waals surface area contributed by atoms with Gasteiger partial charge >= 0.3 is 0 Å². The summed E-state index contributed by atoms with van der Waals surface area (Å²) in [6, 6.07) is 32.9. The molecule has 2 heterocycles. The standard InChI is InChI=1S/C37H41N5O2/c1-26(27-15-17-30(44-2)18-16-27)39-32-14-9-21-37(32)22-24-42(25-23-37)36-31(35(38)43)19-20-33(41-36)40-34(28-10-5-3-6-11-28)29-12-7-4-8-13-29/h3-8,10-13,15-20,26,32,39H,9,14,21-25H2,1-2H3,(H2,38,43)/t26-,32-/m1/s1. The second kappa shape index (κ2) is 13.0. The maximum absolute atomic E-state index is 12.5. The SMILES string of the molecule is COc1ccc([C@@H](C)N[C@@H]2CCCC23CCN(c2nc(N=C(c4ccccc4)c4ccccc4)ccc2C(N)=O)CC3)cc1. The fourth-order valence-electron chi connectivity index (χ4n) is 6.99. The lowest BCUT2D eigenvalue weighted by Crippen LogP contribution is -2.49. The molecule has 4 aromatic rings. The van der Waals surface area contributed by atoms with Crippen LogP contribution < -0.4 is 20.7 Å². The van der Waals surface area contributed by atoms with Crippen LogP contribution >= 0.6 is 0 Å². The number of nitrogens with two attached hydrogens (primary N) is 1. The monoisotopic (exact) mass is 587 g/mol. The third-order valence-corrected chi connectivity index (χ3v) is 9.48. The van der Waals surface area contributed by atoms with Gasteiger partial charge in [0.15, 0.2) is 5.82 Å². The number of carbonyl (C=O) groups is 1. The number of piperidine rings is 1. The molecule has 6 rings (SSSR count). The van der Waals surface area contributed by atoms with E-state index in [4.69, 9.17) is 20.4 Å². The van der Waals surface area contributed by atoms with E-state index in [9.17, 15) is 4.79 Å². The molecule has 1 aliphatic carbocycles. The molecule has 0 unspecified atom stereocenters. The molecule has 2 fully saturated rings. The first kappa shape index (κ1) is 29.6. The number of nitrogens with zero attached hydrogens (tertiary/aromatic N) is 3. The Labute approximate surface area is 260 Å². The van der Waals surface area contributed by atoms with Crippen LogP contribution in [0.25, 0.3) is 0 Å². The number of primary amides is 1. The van der Waals surface area contributed by atoms with Crippen LogP contribution in [-0.4, -0.2) is 42.8 Å². The van der Waals surface area contributed by atoms with Gasteiger partial charge in [-0.3, -0.25) is 4.79 Å². The Hall–Kier alpha value is -4.49. The van der Waals surface area contributed by atoms with Crippen molar-refractivity contribution in [2.45, 2.75) is 51.1 Å². The van der Waals surface area contributed by atoms with Crippen molar-refractivity contribution >= 4 is 23.3 Å². The maximum Gasteiger partial charge on any atom is 0.252 e. The molecule has 1 aromatic heterocycles. The summed E-state index contributed by atoms with van der Waals surface area (Å²) in [4.78, 5) is 24.7. The molecule has 1 saturated carbocycles. The summed E-state index contributed by atoms with van der Waals surface area (Å²) in [5.41, 5.74) is 10.6. The second-order valence-electron chi connectivity index (χ2n) is 12.1. The fourth-order valence-corrected chi connectivity index (χ4v) is 6.99. The van der Waals surface area contributed by atoms with E-state index in [1.807, 2.05) is 48.5 Å². The average Bonchev–Trinajstić information content (AvgIpc) is 3.45. The van der Waals surface area contributed by atoms with Gasteiger partial charge in [-0.05, 0) is 67.9 Å². The Balaban J connectivity index is 1.23. The normalized spacial score (nSPS) is 18.1. The first-order valence-corrected chi connectivity index (χ1v) is 15.6. The lowest BCUT2D eigenvalue weighted by Gasteiger charge is -2.45. The smallest absolute Gasteiger partial charge is 0.252 e. The van der Waals surface area contributed by atoms with Crippen molar-refractivity contribution in [3.8, 4) is 5.75 Å². The number of benzene rings is 3. The predicted molar refractivity (Wildman–Crippen MR) is 177 cm³/mol. The topological polar surface area (TPSA) is 92.8 Å². The molecule has 7 heteroatoms. The number of carbonyl (C=O) groups excluding carboxylic acids is 1. The highest BCUT2D eigenvalue weighted by atomic mass is 16.5. The molecule has 44 heavy (non-hydrogen) atoms. The molecule has 1 spiro atoms. The molecular weight excluding hydrogens is 546 g/mol. The van der Waals surface area contributed by atoms with Gasteiger partial charge in [0.25, 0.3) is 5.91 Å². The van der Waals surface area contributed by atoms with E-state index >= 15 is 0 Å². The number of amides is 1.